The zero-order valence-corrected chi connectivity index (χ0v) is 17.7. The quantitative estimate of drug-likeness (QED) is 0.233. The molecule has 5 N–H and O–H groups in total. The van der Waals surface area contributed by atoms with Crippen molar-refractivity contribution in [2.24, 2.45) is 0 Å². The van der Waals surface area contributed by atoms with Gasteiger partial charge in [0.25, 0.3) is 0 Å². The molecule has 0 bridgehead atoms. The van der Waals surface area contributed by atoms with E-state index in [4.69, 9.17) is 9.47 Å². The minimum absolute atomic E-state index is 0.360. The van der Waals surface area contributed by atoms with Crippen molar-refractivity contribution in [3.63, 3.8) is 0 Å². The van der Waals surface area contributed by atoms with Crippen molar-refractivity contribution in [3.8, 4) is 0 Å². The number of aryl methyl sites for hydroxylation is 1. The lowest BCUT2D eigenvalue weighted by Crippen LogP contribution is -2.68. The lowest BCUT2D eigenvalue weighted by molar-refractivity contribution is -0.185. The minimum Gasteiger partial charge on any atom is -0.388 e. The molecule has 0 radical (unpaired) electrons. The van der Waals surface area contributed by atoms with Gasteiger partial charge in [-0.15, -0.1) is 5.10 Å². The molecule has 0 saturated heterocycles. The molecule has 0 aliphatic heterocycles. The first-order chi connectivity index (χ1) is 14.4. The molecule has 2 rings (SSSR count). The Morgan fingerprint density at radius 2 is 1.40 bits per heavy atom. The summed E-state index contributed by atoms with van der Waals surface area (Å²) in [5.74, 6) is 0.360. The third-order valence-corrected chi connectivity index (χ3v) is 5.33. The van der Waals surface area contributed by atoms with Crippen molar-refractivity contribution < 1.29 is 35.0 Å². The predicted molar refractivity (Wildman–Crippen MR) is 108 cm³/mol. The topological polar surface area (TPSA) is 154 Å². The van der Waals surface area contributed by atoms with E-state index in [0.717, 1.165) is 32.3 Å². The van der Waals surface area contributed by atoms with E-state index in [0.29, 0.717) is 32.2 Å². The first-order valence-electron chi connectivity index (χ1n) is 10.6. The highest BCUT2D eigenvalue weighted by molar-refractivity contribution is 5.37. The van der Waals surface area contributed by atoms with E-state index >= 15 is 0 Å². The smallest absolute Gasteiger partial charge is 0.171 e. The van der Waals surface area contributed by atoms with Crippen LogP contribution >= 0.6 is 0 Å². The molecule has 30 heavy (non-hydrogen) atoms. The van der Waals surface area contributed by atoms with Crippen LogP contribution in [0, 0.1) is 0 Å². The highest BCUT2D eigenvalue weighted by atomic mass is 16.5. The number of rotatable bonds is 13. The summed E-state index contributed by atoms with van der Waals surface area (Å²) in [6, 6.07) is -1.05. The second-order valence-corrected chi connectivity index (χ2v) is 7.68. The summed E-state index contributed by atoms with van der Waals surface area (Å²) in [6.45, 7) is 5.44. The molecule has 1 saturated carbocycles. The number of aliphatic hydroxyl groups excluding tert-OH is 5. The van der Waals surface area contributed by atoms with E-state index in [1.54, 1.807) is 17.9 Å². The molecule has 1 aromatic heterocycles. The summed E-state index contributed by atoms with van der Waals surface area (Å²) in [4.78, 5) is 1.44. The Labute approximate surface area is 176 Å². The molecule has 1 fully saturated rings. The van der Waals surface area contributed by atoms with Crippen molar-refractivity contribution in [1.29, 1.82) is 0 Å². The fourth-order valence-electron chi connectivity index (χ4n) is 3.42. The number of ether oxygens (including phenoxy) is 2. The van der Waals surface area contributed by atoms with Crippen LogP contribution in [0.25, 0.3) is 0 Å². The molecule has 1 aromatic rings. The third kappa shape index (κ3) is 6.58. The van der Waals surface area contributed by atoms with E-state index in [2.05, 4.69) is 17.2 Å². The van der Waals surface area contributed by atoms with Crippen molar-refractivity contribution in [2.45, 2.75) is 75.7 Å². The standard InChI is InChI=1S/C19H36N4O7/c1-3-4-8-29-10-6-11-30-9-5-7-23-12-13(20-21-23)22(2)14-15(24)17(26)19(28)18(27)16(14)25/h12,14-19,24-28H,3-11H2,1-2H3. The van der Waals surface area contributed by atoms with Crippen LogP contribution in [-0.2, 0) is 16.0 Å². The van der Waals surface area contributed by atoms with Crippen molar-refractivity contribution in [3.05, 3.63) is 6.20 Å². The zero-order valence-electron chi connectivity index (χ0n) is 17.7. The third-order valence-electron chi connectivity index (χ3n) is 5.33. The Bertz CT molecular complexity index is 589. The average molecular weight is 433 g/mol. The maximum Gasteiger partial charge on any atom is 0.171 e. The number of nitrogens with zero attached hydrogens (tertiary/aromatic N) is 4. The molecule has 0 spiro atoms. The Balaban J connectivity index is 1.73. The molecule has 4 atom stereocenters. The molecule has 174 valence electrons. The van der Waals surface area contributed by atoms with E-state index in [1.807, 2.05) is 0 Å². The number of aromatic nitrogens is 3. The summed E-state index contributed by atoms with van der Waals surface area (Å²) in [5.41, 5.74) is 0. The number of anilines is 1. The molecule has 1 aliphatic rings. The lowest BCUT2D eigenvalue weighted by atomic mass is 9.82. The predicted octanol–water partition coefficient (Wildman–Crippen LogP) is -1.49. The van der Waals surface area contributed by atoms with Crippen LogP contribution in [0.15, 0.2) is 6.20 Å². The van der Waals surface area contributed by atoms with Gasteiger partial charge in [-0.25, -0.2) is 0 Å². The molecule has 11 heteroatoms. The summed E-state index contributed by atoms with van der Waals surface area (Å²) in [5, 5.41) is 58.0. The van der Waals surface area contributed by atoms with Gasteiger partial charge >= 0.3 is 0 Å². The van der Waals surface area contributed by atoms with Crippen LogP contribution in [0.2, 0.25) is 0 Å². The van der Waals surface area contributed by atoms with Crippen molar-refractivity contribution in [2.75, 3.05) is 38.4 Å². The van der Waals surface area contributed by atoms with Crippen LogP contribution in [0.3, 0.4) is 0 Å². The Morgan fingerprint density at radius 3 is 2.00 bits per heavy atom. The van der Waals surface area contributed by atoms with Gasteiger partial charge < -0.3 is 39.9 Å². The first kappa shape index (κ1) is 24.9. The molecule has 1 aliphatic carbocycles. The largest absolute Gasteiger partial charge is 0.388 e. The van der Waals surface area contributed by atoms with Crippen LogP contribution < -0.4 is 4.90 Å². The lowest BCUT2D eigenvalue weighted by Gasteiger charge is -2.45. The van der Waals surface area contributed by atoms with Gasteiger partial charge in [-0.1, -0.05) is 18.6 Å². The monoisotopic (exact) mass is 432 g/mol. The molecular formula is C19H36N4O7. The van der Waals surface area contributed by atoms with Crippen LogP contribution in [-0.4, -0.2) is 111 Å². The van der Waals surface area contributed by atoms with E-state index in [1.165, 1.54) is 4.90 Å². The number of hydrogen-bond donors (Lipinski definition) is 5. The summed E-state index contributed by atoms with van der Waals surface area (Å²) in [7, 11) is 1.56. The van der Waals surface area contributed by atoms with Gasteiger partial charge in [0.1, 0.15) is 30.5 Å². The fourth-order valence-corrected chi connectivity index (χ4v) is 3.42. The van der Waals surface area contributed by atoms with Crippen LogP contribution in [0.1, 0.15) is 32.6 Å². The van der Waals surface area contributed by atoms with Gasteiger partial charge in [-0.05, 0) is 19.3 Å². The highest BCUT2D eigenvalue weighted by Gasteiger charge is 2.50. The summed E-state index contributed by atoms with van der Waals surface area (Å²) < 4.78 is 12.7. The molecule has 4 unspecified atom stereocenters. The second-order valence-electron chi connectivity index (χ2n) is 7.68. The van der Waals surface area contributed by atoms with Gasteiger partial charge in [-0.2, -0.15) is 0 Å². The van der Waals surface area contributed by atoms with Crippen molar-refractivity contribution >= 4 is 5.82 Å². The Kier molecular flexibility index (Phi) is 10.4. The van der Waals surface area contributed by atoms with Gasteiger partial charge in [0.05, 0.1) is 12.2 Å². The van der Waals surface area contributed by atoms with Crippen LogP contribution in [0.4, 0.5) is 5.82 Å². The molecular weight excluding hydrogens is 396 g/mol. The Morgan fingerprint density at radius 1 is 0.867 bits per heavy atom. The molecule has 11 nitrogen and oxygen atoms in total. The number of hydrogen-bond acceptors (Lipinski definition) is 10. The molecule has 1 heterocycles. The van der Waals surface area contributed by atoms with Gasteiger partial charge in [0.2, 0.25) is 0 Å². The van der Waals surface area contributed by atoms with Crippen molar-refractivity contribution in [1.82, 2.24) is 15.0 Å². The number of likely N-dealkylation sites (N-methyl/N-ethyl adjacent to an activating group) is 1. The van der Waals surface area contributed by atoms with Gasteiger partial charge in [0, 0.05) is 40.0 Å². The minimum atomic E-state index is -1.63. The van der Waals surface area contributed by atoms with Crippen LogP contribution in [0.5, 0.6) is 0 Å². The SMILES string of the molecule is CCCCOCCCOCCCn1cc(N(C)C2C(O)C(O)C(O)C(O)C2O)nn1. The van der Waals surface area contributed by atoms with Gasteiger partial charge in [-0.3, -0.25) is 4.68 Å². The maximum absolute atomic E-state index is 10.2. The second kappa shape index (κ2) is 12.5. The zero-order chi connectivity index (χ0) is 22.1. The summed E-state index contributed by atoms with van der Waals surface area (Å²) >= 11 is 0. The number of aliphatic hydroxyl groups is 5. The molecule has 0 amide bonds. The van der Waals surface area contributed by atoms with Gasteiger partial charge in [0.15, 0.2) is 5.82 Å². The average Bonchev–Trinajstić information content (AvgIpc) is 3.21. The number of unbranched alkanes of at least 4 members (excludes halogenated alkanes) is 1. The van der Waals surface area contributed by atoms with E-state index in [9.17, 15) is 25.5 Å². The van der Waals surface area contributed by atoms with E-state index < -0.39 is 36.6 Å². The summed E-state index contributed by atoms with van der Waals surface area (Å²) in [6.07, 6.45) is -2.27. The maximum atomic E-state index is 10.2. The first-order valence-corrected chi connectivity index (χ1v) is 10.6. The van der Waals surface area contributed by atoms with E-state index in [-0.39, 0.29) is 0 Å². The normalized spacial score (nSPS) is 29.3. The highest BCUT2D eigenvalue weighted by Crippen LogP contribution is 2.27. The molecule has 0 aromatic carbocycles. The Hall–Kier alpha value is -1.34. The fraction of sp³-hybridized carbons (Fsp3) is 0.895.